The maximum Gasteiger partial charge on any atom is 0.245 e. The van der Waals surface area contributed by atoms with E-state index in [1.165, 1.54) is 0 Å². The van der Waals surface area contributed by atoms with Crippen LogP contribution in [-0.2, 0) is 9.53 Å². The van der Waals surface area contributed by atoms with Crippen LogP contribution in [0.2, 0.25) is 0 Å². The summed E-state index contributed by atoms with van der Waals surface area (Å²) in [4.78, 5) is 14.0. The number of hydrogen-bond donors (Lipinski definition) is 0. The molecule has 6 heteroatoms. The Hall–Kier alpha value is -0.780. The van der Waals surface area contributed by atoms with Gasteiger partial charge in [0.1, 0.15) is 11.1 Å². The molecule has 0 bridgehead atoms. The molecule has 1 aromatic carbocycles. The highest BCUT2D eigenvalue weighted by atomic mass is 79.9. The number of nitrogens with zero attached hydrogens (tertiary/aromatic N) is 1. The van der Waals surface area contributed by atoms with Gasteiger partial charge in [-0.2, -0.15) is 0 Å². The number of alkyl halides is 1. The van der Waals surface area contributed by atoms with Crippen LogP contribution in [-0.4, -0.2) is 44.2 Å². The Kier molecular flexibility index (Phi) is 5.07. The van der Waals surface area contributed by atoms with Gasteiger partial charge in [0, 0.05) is 13.1 Å². The normalized spacial score (nSPS) is 17.1. The van der Waals surface area contributed by atoms with Crippen molar-refractivity contribution in [3.05, 3.63) is 28.2 Å². The standard InChI is InChI=1S/C13H15BrClNO3/c1-18-11-3-2-9(8-10(11)14)12(15)13(17)16-4-6-19-7-5-16/h2-3,8,12H,4-7H2,1H3. The van der Waals surface area contributed by atoms with Crippen LogP contribution in [0.1, 0.15) is 10.9 Å². The van der Waals surface area contributed by atoms with Gasteiger partial charge < -0.3 is 14.4 Å². The molecule has 4 nitrogen and oxygen atoms in total. The second-order valence-corrected chi connectivity index (χ2v) is 5.48. The summed E-state index contributed by atoms with van der Waals surface area (Å²) in [6, 6.07) is 5.41. The van der Waals surface area contributed by atoms with Gasteiger partial charge in [-0.1, -0.05) is 6.07 Å². The minimum absolute atomic E-state index is 0.0815. The summed E-state index contributed by atoms with van der Waals surface area (Å²) >= 11 is 9.66. The van der Waals surface area contributed by atoms with Gasteiger partial charge in [-0.3, -0.25) is 4.79 Å². The Bertz CT molecular complexity index is 463. The predicted octanol–water partition coefficient (Wildman–Crippen LogP) is 2.60. The average molecular weight is 349 g/mol. The molecule has 0 aromatic heterocycles. The van der Waals surface area contributed by atoms with Crippen molar-refractivity contribution in [3.8, 4) is 5.75 Å². The van der Waals surface area contributed by atoms with Crippen LogP contribution >= 0.6 is 27.5 Å². The summed E-state index contributed by atoms with van der Waals surface area (Å²) in [6.07, 6.45) is 0. The zero-order valence-corrected chi connectivity index (χ0v) is 12.9. The van der Waals surface area contributed by atoms with E-state index in [2.05, 4.69) is 15.9 Å². The van der Waals surface area contributed by atoms with E-state index in [0.29, 0.717) is 32.1 Å². The van der Waals surface area contributed by atoms with Crippen molar-refractivity contribution in [2.75, 3.05) is 33.4 Å². The van der Waals surface area contributed by atoms with E-state index in [-0.39, 0.29) is 5.91 Å². The van der Waals surface area contributed by atoms with Gasteiger partial charge in [0.25, 0.3) is 0 Å². The Balaban J connectivity index is 2.11. The number of halogens is 2. The first-order valence-corrected chi connectivity index (χ1v) is 7.20. The number of methoxy groups -OCH3 is 1. The minimum Gasteiger partial charge on any atom is -0.496 e. The molecule has 0 radical (unpaired) electrons. The molecule has 19 heavy (non-hydrogen) atoms. The molecule has 1 aliphatic heterocycles. The third-order valence-electron chi connectivity index (χ3n) is 3.01. The van der Waals surface area contributed by atoms with Crippen LogP contribution in [0.5, 0.6) is 5.75 Å². The average Bonchev–Trinajstić information content (AvgIpc) is 2.46. The molecule has 1 atom stereocenters. The fourth-order valence-electron chi connectivity index (χ4n) is 1.93. The molecule has 2 rings (SSSR count). The smallest absolute Gasteiger partial charge is 0.245 e. The summed E-state index contributed by atoms with van der Waals surface area (Å²) in [7, 11) is 1.59. The van der Waals surface area contributed by atoms with Crippen molar-refractivity contribution >= 4 is 33.4 Å². The highest BCUT2D eigenvalue weighted by Crippen LogP contribution is 2.31. The maximum absolute atomic E-state index is 12.3. The summed E-state index contributed by atoms with van der Waals surface area (Å²) in [5, 5.41) is -0.680. The van der Waals surface area contributed by atoms with Crippen LogP contribution < -0.4 is 4.74 Å². The Labute approximate surface area is 125 Å². The summed E-state index contributed by atoms with van der Waals surface area (Å²) in [5.41, 5.74) is 0.755. The van der Waals surface area contributed by atoms with Gasteiger partial charge in [-0.15, -0.1) is 11.6 Å². The van der Waals surface area contributed by atoms with E-state index in [9.17, 15) is 4.79 Å². The Morgan fingerprint density at radius 3 is 2.74 bits per heavy atom. The molecule has 1 unspecified atom stereocenters. The van der Waals surface area contributed by atoms with Crippen molar-refractivity contribution in [2.45, 2.75) is 5.38 Å². The number of morpholine rings is 1. The summed E-state index contributed by atoms with van der Waals surface area (Å²) in [6.45, 7) is 2.34. The third-order valence-corrected chi connectivity index (χ3v) is 4.07. The summed E-state index contributed by atoms with van der Waals surface area (Å²) < 4.78 is 11.2. The number of ether oxygens (including phenoxy) is 2. The van der Waals surface area contributed by atoms with Gasteiger partial charge >= 0.3 is 0 Å². The fraction of sp³-hybridized carbons (Fsp3) is 0.462. The highest BCUT2D eigenvalue weighted by molar-refractivity contribution is 9.10. The van der Waals surface area contributed by atoms with Gasteiger partial charge in [0.15, 0.2) is 0 Å². The molecule has 1 aliphatic rings. The van der Waals surface area contributed by atoms with Gasteiger partial charge in [-0.05, 0) is 33.6 Å². The van der Waals surface area contributed by atoms with Gasteiger partial charge in [0.2, 0.25) is 5.91 Å². The molecule has 0 N–H and O–H groups in total. The van der Waals surface area contributed by atoms with Crippen molar-refractivity contribution in [2.24, 2.45) is 0 Å². The first-order valence-electron chi connectivity index (χ1n) is 5.97. The molecular weight excluding hydrogens is 334 g/mol. The fourth-order valence-corrected chi connectivity index (χ4v) is 2.76. The molecule has 0 spiro atoms. The molecule has 0 saturated carbocycles. The second kappa shape index (κ2) is 6.59. The predicted molar refractivity (Wildman–Crippen MR) is 76.7 cm³/mol. The van der Waals surface area contributed by atoms with Gasteiger partial charge in [0.05, 0.1) is 24.8 Å². The number of benzene rings is 1. The van der Waals surface area contributed by atoms with Crippen molar-refractivity contribution in [1.82, 2.24) is 4.90 Å². The molecule has 0 aliphatic carbocycles. The lowest BCUT2D eigenvalue weighted by atomic mass is 10.1. The lowest BCUT2D eigenvalue weighted by Gasteiger charge is -2.28. The van der Waals surface area contributed by atoms with E-state index in [0.717, 1.165) is 10.0 Å². The molecule has 104 valence electrons. The number of hydrogen-bond acceptors (Lipinski definition) is 3. The number of amides is 1. The third kappa shape index (κ3) is 3.41. The summed E-state index contributed by atoms with van der Waals surface area (Å²) in [5.74, 6) is 0.633. The monoisotopic (exact) mass is 347 g/mol. The minimum atomic E-state index is -0.680. The number of carbonyl (C=O) groups is 1. The lowest BCUT2D eigenvalue weighted by Crippen LogP contribution is -2.42. The first kappa shape index (κ1) is 14.6. The van der Waals surface area contributed by atoms with Crippen LogP contribution in [0.4, 0.5) is 0 Å². The van der Waals surface area contributed by atoms with Gasteiger partial charge in [-0.25, -0.2) is 0 Å². The largest absolute Gasteiger partial charge is 0.496 e. The zero-order valence-electron chi connectivity index (χ0n) is 10.6. The maximum atomic E-state index is 12.3. The SMILES string of the molecule is COc1ccc(C(Cl)C(=O)N2CCOCC2)cc1Br. The van der Waals surface area contributed by atoms with Crippen molar-refractivity contribution < 1.29 is 14.3 Å². The molecular formula is C13H15BrClNO3. The second-order valence-electron chi connectivity index (χ2n) is 4.19. The van der Waals surface area contributed by atoms with E-state index in [1.807, 2.05) is 6.07 Å². The Morgan fingerprint density at radius 2 is 2.16 bits per heavy atom. The number of rotatable bonds is 3. The molecule has 1 aromatic rings. The van der Waals surface area contributed by atoms with E-state index in [1.54, 1.807) is 24.1 Å². The molecule has 1 fully saturated rings. The molecule has 1 amide bonds. The molecule has 1 saturated heterocycles. The lowest BCUT2D eigenvalue weighted by molar-refractivity contribution is -0.134. The Morgan fingerprint density at radius 1 is 1.47 bits per heavy atom. The van der Waals surface area contributed by atoms with E-state index < -0.39 is 5.38 Å². The first-order chi connectivity index (χ1) is 9.13. The number of carbonyl (C=O) groups excluding carboxylic acids is 1. The van der Waals surface area contributed by atoms with E-state index >= 15 is 0 Å². The highest BCUT2D eigenvalue weighted by Gasteiger charge is 2.25. The topological polar surface area (TPSA) is 38.8 Å². The molecule has 1 heterocycles. The quantitative estimate of drug-likeness (QED) is 0.788. The van der Waals surface area contributed by atoms with Crippen molar-refractivity contribution in [3.63, 3.8) is 0 Å². The van der Waals surface area contributed by atoms with Crippen molar-refractivity contribution in [1.29, 1.82) is 0 Å². The van der Waals surface area contributed by atoms with Crippen LogP contribution in [0.3, 0.4) is 0 Å². The van der Waals surface area contributed by atoms with E-state index in [4.69, 9.17) is 21.1 Å². The van der Waals surface area contributed by atoms with Crippen LogP contribution in [0.15, 0.2) is 22.7 Å². The van der Waals surface area contributed by atoms with Crippen LogP contribution in [0, 0.1) is 0 Å². The van der Waals surface area contributed by atoms with Crippen LogP contribution in [0.25, 0.3) is 0 Å². The zero-order chi connectivity index (χ0) is 13.8.